The lowest BCUT2D eigenvalue weighted by Crippen LogP contribution is -2.44. The van der Waals surface area contributed by atoms with Crippen molar-refractivity contribution in [1.82, 2.24) is 4.98 Å². The molecule has 6 nitrogen and oxygen atoms in total. The molecule has 0 saturated heterocycles. The Kier molecular flexibility index (Phi) is 6.73. The Balaban J connectivity index is 1.49. The van der Waals surface area contributed by atoms with Gasteiger partial charge in [-0.2, -0.15) is 0 Å². The highest BCUT2D eigenvalue weighted by Gasteiger charge is 2.34. The highest BCUT2D eigenvalue weighted by Crippen LogP contribution is 2.44. The summed E-state index contributed by atoms with van der Waals surface area (Å²) in [7, 11) is 0. The van der Waals surface area contributed by atoms with Gasteiger partial charge >= 0.3 is 12.1 Å². The molecule has 3 aromatic carbocycles. The van der Waals surface area contributed by atoms with Gasteiger partial charge in [0, 0.05) is 17.7 Å². The van der Waals surface area contributed by atoms with Gasteiger partial charge in [0.05, 0.1) is 11.9 Å². The number of benzene rings is 3. The van der Waals surface area contributed by atoms with Gasteiger partial charge in [-0.3, -0.25) is 9.88 Å². The molecule has 5 rings (SSSR count). The van der Waals surface area contributed by atoms with Crippen LogP contribution in [0, 0.1) is 0 Å². The number of aryl methyl sites for hydroxylation is 1. The lowest BCUT2D eigenvalue weighted by Gasteiger charge is -2.28. The van der Waals surface area contributed by atoms with Crippen molar-refractivity contribution in [3.8, 4) is 22.3 Å². The van der Waals surface area contributed by atoms with Crippen LogP contribution in [0.3, 0.4) is 0 Å². The van der Waals surface area contributed by atoms with Gasteiger partial charge in [-0.05, 0) is 52.8 Å². The second-order valence-corrected chi connectivity index (χ2v) is 9.09. The Hall–Kier alpha value is -4.45. The molecule has 1 amide bonds. The van der Waals surface area contributed by atoms with Crippen molar-refractivity contribution in [2.75, 3.05) is 11.5 Å². The molecular formula is C31H28N2O4. The van der Waals surface area contributed by atoms with Crippen LogP contribution >= 0.6 is 0 Å². The number of anilines is 1. The first-order valence-corrected chi connectivity index (χ1v) is 12.4. The Morgan fingerprint density at radius 1 is 0.892 bits per heavy atom. The molecule has 1 atom stereocenters. The largest absolute Gasteiger partial charge is 0.480 e. The average molecular weight is 493 g/mol. The van der Waals surface area contributed by atoms with Crippen molar-refractivity contribution in [1.29, 1.82) is 0 Å². The van der Waals surface area contributed by atoms with Gasteiger partial charge < -0.3 is 9.84 Å². The third-order valence-corrected chi connectivity index (χ3v) is 7.03. The molecule has 0 saturated carbocycles. The molecule has 0 unspecified atom stereocenters. The molecule has 1 aliphatic carbocycles. The van der Waals surface area contributed by atoms with E-state index in [1.165, 1.54) is 18.0 Å². The van der Waals surface area contributed by atoms with E-state index in [9.17, 15) is 14.7 Å². The molecule has 1 aliphatic rings. The fraction of sp³-hybridized carbons (Fsp3) is 0.194. The first kappa shape index (κ1) is 24.3. The van der Waals surface area contributed by atoms with E-state index in [2.05, 4.69) is 24.0 Å². The number of nitrogens with zero attached hydrogens (tertiary/aromatic N) is 2. The number of aromatic nitrogens is 1. The zero-order valence-electron chi connectivity index (χ0n) is 20.8. The molecule has 4 aromatic rings. The molecule has 1 aromatic heterocycles. The van der Waals surface area contributed by atoms with Gasteiger partial charge in [0.1, 0.15) is 12.6 Å². The van der Waals surface area contributed by atoms with Crippen molar-refractivity contribution >= 4 is 17.7 Å². The molecule has 0 radical (unpaired) electrons. The average Bonchev–Trinajstić information content (AvgIpc) is 3.26. The zero-order valence-corrected chi connectivity index (χ0v) is 20.8. The number of carboxylic acids is 1. The van der Waals surface area contributed by atoms with Crippen LogP contribution in [0.2, 0.25) is 0 Å². The number of carboxylic acid groups (broad SMARTS) is 1. The minimum absolute atomic E-state index is 0.0941. The maximum atomic E-state index is 13.6. The van der Waals surface area contributed by atoms with E-state index in [0.29, 0.717) is 5.69 Å². The molecule has 0 bridgehead atoms. The number of amides is 1. The predicted octanol–water partition coefficient (Wildman–Crippen LogP) is 6.54. The number of fused-ring (bicyclic) bond motifs is 3. The fourth-order valence-electron chi connectivity index (χ4n) is 5.14. The van der Waals surface area contributed by atoms with Crippen LogP contribution < -0.4 is 4.90 Å². The summed E-state index contributed by atoms with van der Waals surface area (Å²) in [6.45, 7) is 3.63. The summed E-state index contributed by atoms with van der Waals surface area (Å²) in [5, 5.41) is 9.90. The highest BCUT2D eigenvalue weighted by molar-refractivity contribution is 5.99. The summed E-state index contributed by atoms with van der Waals surface area (Å²) in [6, 6.07) is 24.7. The van der Waals surface area contributed by atoms with E-state index in [0.717, 1.165) is 45.4 Å². The SMILES string of the molecule is CCc1ccccc1-c1ccncc1N(C(=O)OCC1c2ccccc2-c2ccccc21)[C@@H](C)C(=O)O. The molecule has 1 heterocycles. The Morgan fingerprint density at radius 2 is 1.49 bits per heavy atom. The number of rotatable bonds is 7. The molecule has 1 N–H and O–H groups in total. The third-order valence-electron chi connectivity index (χ3n) is 7.03. The van der Waals surface area contributed by atoms with Crippen molar-refractivity contribution < 1.29 is 19.4 Å². The lowest BCUT2D eigenvalue weighted by atomic mass is 9.97. The van der Waals surface area contributed by atoms with Crippen LogP contribution in [-0.2, 0) is 16.0 Å². The van der Waals surface area contributed by atoms with Gasteiger partial charge in [0.15, 0.2) is 0 Å². The first-order valence-electron chi connectivity index (χ1n) is 12.4. The Labute approximate surface area is 216 Å². The number of carbonyl (C=O) groups excluding carboxylic acids is 1. The number of ether oxygens (including phenoxy) is 1. The quantitative estimate of drug-likeness (QED) is 0.317. The smallest absolute Gasteiger partial charge is 0.415 e. The number of pyridine rings is 1. The van der Waals surface area contributed by atoms with Gasteiger partial charge in [-0.1, -0.05) is 79.7 Å². The van der Waals surface area contributed by atoms with Crippen molar-refractivity contribution in [3.05, 3.63) is 108 Å². The van der Waals surface area contributed by atoms with E-state index >= 15 is 0 Å². The summed E-state index contributed by atoms with van der Waals surface area (Å²) in [4.78, 5) is 31.2. The molecular weight excluding hydrogens is 464 g/mol. The summed E-state index contributed by atoms with van der Waals surface area (Å²) >= 11 is 0. The Bertz CT molecular complexity index is 1420. The molecule has 0 spiro atoms. The van der Waals surface area contributed by atoms with Gasteiger partial charge in [-0.25, -0.2) is 9.59 Å². The molecule has 0 aliphatic heterocycles. The maximum Gasteiger partial charge on any atom is 0.415 e. The van der Waals surface area contributed by atoms with Crippen LogP contribution in [0.1, 0.15) is 36.5 Å². The van der Waals surface area contributed by atoms with E-state index < -0.39 is 18.1 Å². The number of carbonyl (C=O) groups is 2. The second-order valence-electron chi connectivity index (χ2n) is 9.09. The van der Waals surface area contributed by atoms with E-state index in [1.54, 1.807) is 6.20 Å². The van der Waals surface area contributed by atoms with Crippen LogP contribution in [-0.4, -0.2) is 34.8 Å². The van der Waals surface area contributed by atoms with Gasteiger partial charge in [0.25, 0.3) is 0 Å². The summed E-state index contributed by atoms with van der Waals surface area (Å²) in [5.41, 5.74) is 7.58. The molecule has 0 fully saturated rings. The normalized spacial score (nSPS) is 12.9. The minimum Gasteiger partial charge on any atom is -0.480 e. The van der Waals surface area contributed by atoms with E-state index in [1.807, 2.05) is 66.7 Å². The van der Waals surface area contributed by atoms with E-state index in [4.69, 9.17) is 4.74 Å². The zero-order chi connectivity index (χ0) is 25.9. The predicted molar refractivity (Wildman–Crippen MR) is 144 cm³/mol. The topological polar surface area (TPSA) is 79.7 Å². The van der Waals surface area contributed by atoms with Gasteiger partial charge in [-0.15, -0.1) is 0 Å². The minimum atomic E-state index is -1.16. The van der Waals surface area contributed by atoms with Crippen LogP contribution in [0.25, 0.3) is 22.3 Å². The number of aliphatic carboxylic acids is 1. The standard InChI is InChI=1S/C31H28N2O4/c1-3-21-10-4-5-11-22(21)27-16-17-32-18-29(27)33(20(2)30(34)35)31(36)37-19-28-25-14-8-6-12-23(25)24-13-7-9-15-26(24)28/h4-18,20,28H,3,19H2,1-2H3,(H,34,35)/t20-/m0/s1. The number of hydrogen-bond donors (Lipinski definition) is 1. The second kappa shape index (κ2) is 10.3. The van der Waals surface area contributed by atoms with E-state index in [-0.39, 0.29) is 12.5 Å². The van der Waals surface area contributed by atoms with Crippen LogP contribution in [0.5, 0.6) is 0 Å². The van der Waals surface area contributed by atoms with Crippen LogP contribution in [0.4, 0.5) is 10.5 Å². The molecule has 37 heavy (non-hydrogen) atoms. The van der Waals surface area contributed by atoms with Crippen LogP contribution in [0.15, 0.2) is 91.3 Å². The summed E-state index contributed by atoms with van der Waals surface area (Å²) < 4.78 is 5.87. The third kappa shape index (κ3) is 4.47. The Morgan fingerprint density at radius 3 is 2.11 bits per heavy atom. The maximum absolute atomic E-state index is 13.6. The molecule has 6 heteroatoms. The van der Waals surface area contributed by atoms with Crippen molar-refractivity contribution in [3.63, 3.8) is 0 Å². The first-order chi connectivity index (χ1) is 18.0. The molecule has 186 valence electrons. The number of hydrogen-bond acceptors (Lipinski definition) is 4. The lowest BCUT2D eigenvalue weighted by molar-refractivity contribution is -0.138. The van der Waals surface area contributed by atoms with Gasteiger partial charge in [0.2, 0.25) is 0 Å². The monoisotopic (exact) mass is 492 g/mol. The summed E-state index contributed by atoms with van der Waals surface area (Å²) in [6.07, 6.45) is 3.24. The van der Waals surface area contributed by atoms with Crippen molar-refractivity contribution in [2.45, 2.75) is 32.2 Å². The van der Waals surface area contributed by atoms with Crippen molar-refractivity contribution in [2.24, 2.45) is 0 Å². The fourth-order valence-corrected chi connectivity index (χ4v) is 5.14. The highest BCUT2D eigenvalue weighted by atomic mass is 16.6. The summed E-state index contributed by atoms with van der Waals surface area (Å²) in [5.74, 6) is -1.26.